The minimum atomic E-state index is -5.89. The van der Waals surface area contributed by atoms with Crippen LogP contribution in [-0.2, 0) is 17.3 Å². The van der Waals surface area contributed by atoms with E-state index in [4.69, 9.17) is 0 Å². The number of benzene rings is 4. The molecule has 0 unspecified atom stereocenters. The van der Waals surface area contributed by atoms with Gasteiger partial charge in [0.1, 0.15) is 23.0 Å². The number of halogens is 6. The maximum absolute atomic E-state index is 15.0. The van der Waals surface area contributed by atoms with E-state index in [1.807, 2.05) is 0 Å². The molecule has 0 radical (unpaired) electrons. The first kappa shape index (κ1) is 30.6. The Balaban J connectivity index is 2.09. The third-order valence-corrected chi connectivity index (χ3v) is 7.86. The van der Waals surface area contributed by atoms with Crippen LogP contribution < -0.4 is 0 Å². The van der Waals surface area contributed by atoms with Gasteiger partial charge < -0.3 is 20.4 Å². The largest absolute Gasteiger partial charge is 0.508 e. The highest BCUT2D eigenvalue weighted by Gasteiger charge is 2.73. The molecule has 4 aromatic carbocycles. The second kappa shape index (κ2) is 10.5. The molecule has 0 amide bonds. The van der Waals surface area contributed by atoms with Crippen molar-refractivity contribution in [1.82, 2.24) is 0 Å². The molecule has 10 heteroatoms. The Morgan fingerprint density at radius 1 is 0.548 bits per heavy atom. The zero-order valence-corrected chi connectivity index (χ0v) is 22.8. The summed E-state index contributed by atoms with van der Waals surface area (Å²) >= 11 is 0. The Bertz CT molecular complexity index is 1540. The summed E-state index contributed by atoms with van der Waals surface area (Å²) in [7, 11) is 0. The van der Waals surface area contributed by atoms with Gasteiger partial charge in [-0.2, -0.15) is 26.3 Å². The number of phenolic OH excluding ortho intramolecular Hbond substituents is 4. The van der Waals surface area contributed by atoms with Gasteiger partial charge in [0.2, 0.25) is 5.41 Å². The van der Waals surface area contributed by atoms with Crippen molar-refractivity contribution in [3.63, 3.8) is 0 Å². The van der Waals surface area contributed by atoms with Gasteiger partial charge in [-0.05, 0) is 95.6 Å². The number of phenols is 4. The Morgan fingerprint density at radius 2 is 0.976 bits per heavy atom. The maximum Gasteiger partial charge on any atom is 0.411 e. The fraction of sp³-hybridized carbons (Fsp3) is 0.250. The molecule has 0 saturated carbocycles. The van der Waals surface area contributed by atoms with Gasteiger partial charge in [0.05, 0.1) is 0 Å². The third kappa shape index (κ3) is 5.10. The Morgan fingerprint density at radius 3 is 1.40 bits per heavy atom. The lowest BCUT2D eigenvalue weighted by Gasteiger charge is -2.41. The standard InChI is InChI=1S/C32H28F6O4/c1-18-14-22(6-12-27(18)41)29(3,23-7-13-28(42)19(2)15-23)17-20-16-25(40)10-11-26(20)30(31(33,34)35,32(36,37)38)21-4-8-24(39)9-5-21/h4-16,39-42H,17H2,1-3H3. The number of aryl methyl sites for hydroxylation is 2. The fourth-order valence-electron chi connectivity index (χ4n) is 5.50. The van der Waals surface area contributed by atoms with Crippen LogP contribution in [0.4, 0.5) is 26.3 Å². The molecule has 42 heavy (non-hydrogen) atoms. The molecule has 0 aliphatic carbocycles. The molecule has 4 N–H and O–H groups in total. The molecule has 0 bridgehead atoms. The summed E-state index contributed by atoms with van der Waals surface area (Å²) in [5, 5.41) is 40.3. The highest BCUT2D eigenvalue weighted by Crippen LogP contribution is 2.58. The normalized spacial score (nSPS) is 12.9. The number of alkyl halides is 6. The molecule has 0 saturated heterocycles. The highest BCUT2D eigenvalue weighted by molar-refractivity contribution is 5.54. The van der Waals surface area contributed by atoms with Crippen molar-refractivity contribution in [3.8, 4) is 23.0 Å². The first-order valence-electron chi connectivity index (χ1n) is 12.8. The van der Waals surface area contributed by atoms with Gasteiger partial charge >= 0.3 is 12.4 Å². The third-order valence-electron chi connectivity index (χ3n) is 7.86. The first-order chi connectivity index (χ1) is 19.4. The summed E-state index contributed by atoms with van der Waals surface area (Å²) in [6.07, 6.45) is -12.2. The van der Waals surface area contributed by atoms with Gasteiger partial charge in [-0.25, -0.2) is 0 Å². The molecule has 0 aliphatic rings. The molecule has 222 valence electrons. The van der Waals surface area contributed by atoms with E-state index in [0.717, 1.165) is 24.3 Å². The maximum atomic E-state index is 15.0. The molecule has 0 aliphatic heterocycles. The SMILES string of the molecule is Cc1cc(C(C)(Cc2cc(O)ccc2C(c2ccc(O)cc2)(C(F)(F)F)C(F)(F)F)c2ccc(O)c(C)c2)ccc1O. The van der Waals surface area contributed by atoms with E-state index in [9.17, 15) is 46.8 Å². The lowest BCUT2D eigenvalue weighted by Crippen LogP contribution is -2.55. The predicted molar refractivity (Wildman–Crippen MR) is 145 cm³/mol. The minimum absolute atomic E-state index is 0.0541. The summed E-state index contributed by atoms with van der Waals surface area (Å²) in [5.41, 5.74) is -6.78. The summed E-state index contributed by atoms with van der Waals surface area (Å²) in [5.74, 6) is -1.16. The summed E-state index contributed by atoms with van der Waals surface area (Å²) in [4.78, 5) is 0. The van der Waals surface area contributed by atoms with Crippen molar-refractivity contribution < 1.29 is 46.8 Å². The van der Waals surface area contributed by atoms with Gasteiger partial charge in [0.25, 0.3) is 0 Å². The van der Waals surface area contributed by atoms with E-state index in [1.165, 1.54) is 24.3 Å². The van der Waals surface area contributed by atoms with E-state index in [0.29, 0.717) is 40.5 Å². The minimum Gasteiger partial charge on any atom is -0.508 e. The van der Waals surface area contributed by atoms with Crippen LogP contribution in [0.15, 0.2) is 78.9 Å². The van der Waals surface area contributed by atoms with Crippen LogP contribution in [-0.4, -0.2) is 32.8 Å². The van der Waals surface area contributed by atoms with Gasteiger partial charge in [-0.15, -0.1) is 0 Å². The van der Waals surface area contributed by atoms with E-state index in [-0.39, 0.29) is 11.5 Å². The van der Waals surface area contributed by atoms with Crippen LogP contribution in [0.2, 0.25) is 0 Å². The zero-order valence-electron chi connectivity index (χ0n) is 22.8. The van der Waals surface area contributed by atoms with Crippen LogP contribution in [0, 0.1) is 13.8 Å². The topological polar surface area (TPSA) is 80.9 Å². The Kier molecular flexibility index (Phi) is 7.65. The van der Waals surface area contributed by atoms with E-state index >= 15 is 0 Å². The van der Waals surface area contributed by atoms with Gasteiger partial charge in [-0.1, -0.05) is 49.4 Å². The quantitative estimate of drug-likeness (QED) is 0.171. The number of hydrogen-bond donors (Lipinski definition) is 4. The van der Waals surface area contributed by atoms with Crippen LogP contribution in [0.3, 0.4) is 0 Å². The second-order valence-corrected chi connectivity index (χ2v) is 10.6. The Hall–Kier alpha value is -4.34. The number of aromatic hydroxyl groups is 4. The summed E-state index contributed by atoms with van der Waals surface area (Å²) in [6, 6.07) is 13.9. The van der Waals surface area contributed by atoms with Crippen molar-refractivity contribution in [2.24, 2.45) is 0 Å². The van der Waals surface area contributed by atoms with Gasteiger partial charge in [0.15, 0.2) is 0 Å². The molecule has 0 atom stereocenters. The molecular weight excluding hydrogens is 562 g/mol. The molecule has 4 rings (SSSR count). The number of hydrogen-bond acceptors (Lipinski definition) is 4. The predicted octanol–water partition coefficient (Wildman–Crippen LogP) is 8.09. The lowest BCUT2D eigenvalue weighted by molar-refractivity contribution is -0.288. The van der Waals surface area contributed by atoms with Gasteiger partial charge in [-0.3, -0.25) is 0 Å². The molecule has 0 aromatic heterocycles. The van der Waals surface area contributed by atoms with Crippen LogP contribution >= 0.6 is 0 Å². The van der Waals surface area contributed by atoms with Crippen LogP contribution in [0.5, 0.6) is 23.0 Å². The second-order valence-electron chi connectivity index (χ2n) is 10.6. The molecule has 0 fully saturated rings. The van der Waals surface area contributed by atoms with E-state index in [1.54, 1.807) is 32.9 Å². The number of rotatable bonds is 6. The lowest BCUT2D eigenvalue weighted by atomic mass is 9.66. The molecule has 4 aromatic rings. The summed E-state index contributed by atoms with van der Waals surface area (Å²) < 4.78 is 90.0. The van der Waals surface area contributed by atoms with E-state index < -0.39 is 57.8 Å². The average Bonchev–Trinajstić information content (AvgIpc) is 2.88. The fourth-order valence-corrected chi connectivity index (χ4v) is 5.50. The monoisotopic (exact) mass is 590 g/mol. The molecular formula is C32H28F6O4. The van der Waals surface area contributed by atoms with Crippen molar-refractivity contribution in [1.29, 1.82) is 0 Å². The van der Waals surface area contributed by atoms with Crippen molar-refractivity contribution in [2.45, 2.75) is 50.4 Å². The molecule has 4 nitrogen and oxygen atoms in total. The molecule has 0 spiro atoms. The van der Waals surface area contributed by atoms with E-state index in [2.05, 4.69) is 0 Å². The van der Waals surface area contributed by atoms with Crippen LogP contribution in [0.25, 0.3) is 0 Å². The van der Waals surface area contributed by atoms with Crippen molar-refractivity contribution >= 4 is 0 Å². The van der Waals surface area contributed by atoms with Crippen molar-refractivity contribution in [3.05, 3.63) is 118 Å². The smallest absolute Gasteiger partial charge is 0.411 e. The molecule has 0 heterocycles. The Labute approximate surface area is 238 Å². The summed E-state index contributed by atoms with van der Waals surface area (Å²) in [6.45, 7) is 4.83. The highest BCUT2D eigenvalue weighted by atomic mass is 19.4. The van der Waals surface area contributed by atoms with Gasteiger partial charge in [0, 0.05) is 5.41 Å². The first-order valence-corrected chi connectivity index (χ1v) is 12.8. The van der Waals surface area contributed by atoms with Crippen LogP contribution in [0.1, 0.15) is 45.9 Å². The zero-order chi connectivity index (χ0) is 31.3. The average molecular weight is 591 g/mol. The van der Waals surface area contributed by atoms with Crippen molar-refractivity contribution in [2.75, 3.05) is 0 Å².